The molecular weight excluding hydrogens is 196 g/mol. The maximum absolute atomic E-state index is 11.8. The average molecular weight is 210 g/mol. The van der Waals surface area contributed by atoms with Crippen LogP contribution in [-0.2, 0) is 19.1 Å². The van der Waals surface area contributed by atoms with E-state index in [2.05, 4.69) is 0 Å². The Balaban J connectivity index is 2.30. The van der Waals surface area contributed by atoms with E-state index < -0.39 is 5.41 Å². The van der Waals surface area contributed by atoms with Gasteiger partial charge in [-0.15, -0.1) is 0 Å². The van der Waals surface area contributed by atoms with Gasteiger partial charge in [-0.1, -0.05) is 0 Å². The lowest BCUT2D eigenvalue weighted by atomic mass is 9.67. The highest BCUT2D eigenvalue weighted by atomic mass is 16.5. The summed E-state index contributed by atoms with van der Waals surface area (Å²) in [6.07, 6.45) is 1.75. The highest BCUT2D eigenvalue weighted by Crippen LogP contribution is 2.48. The number of hydrogen-bond donors (Lipinski definition) is 0. The van der Waals surface area contributed by atoms with E-state index in [1.807, 2.05) is 0 Å². The van der Waals surface area contributed by atoms with Gasteiger partial charge in [0.1, 0.15) is 17.7 Å². The third-order valence-corrected chi connectivity index (χ3v) is 3.92. The number of carbonyl (C=O) groups excluding carboxylic acids is 3. The predicted octanol–water partition coefficient (Wildman–Crippen LogP) is 0.876. The predicted molar refractivity (Wildman–Crippen MR) is 51.0 cm³/mol. The highest BCUT2D eigenvalue weighted by molar-refractivity contribution is 6.09. The average Bonchev–Trinajstić information content (AvgIpc) is 2.51. The Kier molecular flexibility index (Phi) is 2.37. The Morgan fingerprint density at radius 2 is 1.87 bits per heavy atom. The molecule has 3 atom stereocenters. The summed E-state index contributed by atoms with van der Waals surface area (Å²) in [7, 11) is 0. The molecule has 2 aliphatic rings. The number of hydrogen-bond acceptors (Lipinski definition) is 4. The van der Waals surface area contributed by atoms with Crippen LogP contribution in [0.25, 0.3) is 0 Å². The van der Waals surface area contributed by atoms with Gasteiger partial charge in [0.15, 0.2) is 0 Å². The first kappa shape index (κ1) is 10.3. The number of Topliss-reactive ketones (excluding diaryl/α,β-unsaturated/α-hetero) is 2. The van der Waals surface area contributed by atoms with Gasteiger partial charge in [-0.05, 0) is 19.8 Å². The lowest BCUT2D eigenvalue weighted by Gasteiger charge is -2.37. The van der Waals surface area contributed by atoms with Crippen LogP contribution in [0.2, 0.25) is 0 Å². The maximum Gasteiger partial charge on any atom is 0.293 e. The van der Waals surface area contributed by atoms with Crippen molar-refractivity contribution in [3.8, 4) is 0 Å². The molecule has 2 rings (SSSR count). The second-order valence-corrected chi connectivity index (χ2v) is 4.50. The van der Waals surface area contributed by atoms with Crippen LogP contribution in [0.3, 0.4) is 0 Å². The van der Waals surface area contributed by atoms with Gasteiger partial charge in [0.2, 0.25) is 0 Å². The first-order valence-electron chi connectivity index (χ1n) is 5.26. The van der Waals surface area contributed by atoms with Gasteiger partial charge in [0.05, 0.1) is 5.41 Å². The van der Waals surface area contributed by atoms with Crippen LogP contribution in [0.15, 0.2) is 0 Å². The van der Waals surface area contributed by atoms with Gasteiger partial charge < -0.3 is 4.74 Å². The fourth-order valence-corrected chi connectivity index (χ4v) is 2.93. The number of fused-ring (bicyclic) bond motifs is 1. The molecule has 0 aliphatic heterocycles. The van der Waals surface area contributed by atoms with Gasteiger partial charge >= 0.3 is 0 Å². The number of carbonyl (C=O) groups is 3. The molecule has 0 aromatic heterocycles. The molecule has 0 amide bonds. The Bertz CT molecular complexity index is 323. The zero-order chi connectivity index (χ0) is 11.1. The Labute approximate surface area is 88.0 Å². The molecule has 2 fully saturated rings. The lowest BCUT2D eigenvalue weighted by molar-refractivity contribution is -0.154. The van der Waals surface area contributed by atoms with Crippen molar-refractivity contribution in [1.29, 1.82) is 0 Å². The molecule has 0 N–H and O–H groups in total. The van der Waals surface area contributed by atoms with E-state index in [9.17, 15) is 14.4 Å². The standard InChI is InChI=1S/C11H14O4/c1-11-7(2-4-9(11)13)8(15-6-12)3-5-10(11)14/h6-8H,2-5H2,1H3/t7-,8+,11+/m1/s1. The van der Waals surface area contributed by atoms with Gasteiger partial charge in [-0.25, -0.2) is 0 Å². The minimum Gasteiger partial charge on any atom is -0.464 e. The summed E-state index contributed by atoms with van der Waals surface area (Å²) in [6.45, 7) is 2.12. The van der Waals surface area contributed by atoms with Crippen molar-refractivity contribution in [2.75, 3.05) is 0 Å². The van der Waals surface area contributed by atoms with Crippen LogP contribution in [0.4, 0.5) is 0 Å². The van der Waals surface area contributed by atoms with E-state index >= 15 is 0 Å². The van der Waals surface area contributed by atoms with E-state index in [1.165, 1.54) is 0 Å². The van der Waals surface area contributed by atoms with E-state index in [4.69, 9.17) is 4.74 Å². The van der Waals surface area contributed by atoms with Crippen LogP contribution in [0, 0.1) is 11.3 Å². The molecule has 0 spiro atoms. The fraction of sp³-hybridized carbons (Fsp3) is 0.727. The molecule has 2 saturated carbocycles. The monoisotopic (exact) mass is 210 g/mol. The molecule has 0 aromatic rings. The lowest BCUT2D eigenvalue weighted by Crippen LogP contribution is -2.47. The normalized spacial score (nSPS) is 40.1. The Hall–Kier alpha value is -1.19. The SMILES string of the molecule is C[C@]12C(=O)CC[C@H](OC=O)[C@H]1CCC2=O. The van der Waals surface area contributed by atoms with Crippen LogP contribution in [0.5, 0.6) is 0 Å². The van der Waals surface area contributed by atoms with Crippen molar-refractivity contribution in [2.24, 2.45) is 11.3 Å². The molecule has 0 saturated heterocycles. The number of ketones is 2. The topological polar surface area (TPSA) is 60.4 Å². The minimum atomic E-state index is -0.883. The summed E-state index contributed by atoms with van der Waals surface area (Å²) >= 11 is 0. The quantitative estimate of drug-likeness (QED) is 0.501. The fourth-order valence-electron chi connectivity index (χ4n) is 2.93. The second-order valence-electron chi connectivity index (χ2n) is 4.50. The highest BCUT2D eigenvalue weighted by Gasteiger charge is 2.56. The van der Waals surface area contributed by atoms with E-state index in [1.54, 1.807) is 6.92 Å². The third-order valence-electron chi connectivity index (χ3n) is 3.92. The summed E-state index contributed by atoms with van der Waals surface area (Å²) < 4.78 is 4.97. The molecule has 0 bridgehead atoms. The molecule has 2 aliphatic carbocycles. The summed E-state index contributed by atoms with van der Waals surface area (Å²) in [4.78, 5) is 33.9. The van der Waals surface area contributed by atoms with E-state index in [0.29, 0.717) is 32.2 Å². The van der Waals surface area contributed by atoms with Crippen molar-refractivity contribution in [3.05, 3.63) is 0 Å². The van der Waals surface area contributed by atoms with Crippen LogP contribution >= 0.6 is 0 Å². The minimum absolute atomic E-state index is 0.0108. The van der Waals surface area contributed by atoms with Crippen LogP contribution in [0.1, 0.15) is 32.6 Å². The van der Waals surface area contributed by atoms with Gasteiger partial charge in [-0.3, -0.25) is 14.4 Å². The number of rotatable bonds is 2. The van der Waals surface area contributed by atoms with Gasteiger partial charge in [0, 0.05) is 18.8 Å². The van der Waals surface area contributed by atoms with Gasteiger partial charge in [-0.2, -0.15) is 0 Å². The summed E-state index contributed by atoms with van der Waals surface area (Å²) in [6, 6.07) is 0. The van der Waals surface area contributed by atoms with Gasteiger partial charge in [0.25, 0.3) is 6.47 Å². The zero-order valence-corrected chi connectivity index (χ0v) is 8.69. The van der Waals surface area contributed by atoms with Crippen LogP contribution < -0.4 is 0 Å². The van der Waals surface area contributed by atoms with Crippen molar-refractivity contribution < 1.29 is 19.1 Å². The Morgan fingerprint density at radius 1 is 1.27 bits per heavy atom. The van der Waals surface area contributed by atoms with Crippen molar-refractivity contribution >= 4 is 18.0 Å². The first-order chi connectivity index (χ1) is 7.10. The summed E-state index contributed by atoms with van der Waals surface area (Å²) in [5.41, 5.74) is -0.883. The zero-order valence-electron chi connectivity index (χ0n) is 8.69. The molecular formula is C11H14O4. The molecule has 4 nitrogen and oxygen atoms in total. The van der Waals surface area contributed by atoms with Crippen LogP contribution in [-0.4, -0.2) is 24.1 Å². The molecule has 15 heavy (non-hydrogen) atoms. The summed E-state index contributed by atoms with van der Waals surface area (Å²) in [5, 5.41) is 0. The molecule has 0 unspecified atom stereocenters. The van der Waals surface area contributed by atoms with E-state index in [-0.39, 0.29) is 23.6 Å². The molecule has 0 aromatic carbocycles. The maximum atomic E-state index is 11.8. The second kappa shape index (κ2) is 3.43. The number of ether oxygens (including phenoxy) is 1. The third kappa shape index (κ3) is 1.31. The van der Waals surface area contributed by atoms with Crippen molar-refractivity contribution in [1.82, 2.24) is 0 Å². The van der Waals surface area contributed by atoms with Crippen molar-refractivity contribution in [2.45, 2.75) is 38.7 Å². The summed E-state index contributed by atoms with van der Waals surface area (Å²) in [5.74, 6) is -0.0751. The smallest absolute Gasteiger partial charge is 0.293 e. The molecule has 0 radical (unpaired) electrons. The molecule has 0 heterocycles. The molecule has 82 valence electrons. The Morgan fingerprint density at radius 3 is 2.47 bits per heavy atom. The largest absolute Gasteiger partial charge is 0.464 e. The first-order valence-corrected chi connectivity index (χ1v) is 5.26. The van der Waals surface area contributed by atoms with E-state index in [0.717, 1.165) is 0 Å². The molecule has 4 heteroatoms. The van der Waals surface area contributed by atoms with Crippen molar-refractivity contribution in [3.63, 3.8) is 0 Å².